The van der Waals surface area contributed by atoms with Gasteiger partial charge in [-0.25, -0.2) is 4.39 Å². The van der Waals surface area contributed by atoms with Gasteiger partial charge in [-0.2, -0.15) is 0 Å². The highest BCUT2D eigenvalue weighted by molar-refractivity contribution is 7.18. The van der Waals surface area contributed by atoms with Crippen molar-refractivity contribution in [3.8, 4) is 0 Å². The van der Waals surface area contributed by atoms with Crippen LogP contribution in [0.15, 0.2) is 0 Å². The molecule has 1 nitrogen and oxygen atoms in total. The van der Waals surface area contributed by atoms with Gasteiger partial charge < -0.3 is 0 Å². The first-order chi connectivity index (χ1) is 2.94. The van der Waals surface area contributed by atoms with Crippen LogP contribution in [-0.2, 0) is 0 Å². The molecule has 0 fully saturated rings. The molecule has 0 bridgehead atoms. The normalized spacial score (nSPS) is 19.7. The first-order valence-corrected chi connectivity index (χ1v) is 2.79. The predicted molar refractivity (Wildman–Crippen MR) is 32.6 cm³/mol. The van der Waals surface area contributed by atoms with Crippen LogP contribution in [0.3, 0.4) is 0 Å². The van der Waals surface area contributed by atoms with E-state index in [1.54, 1.807) is 13.8 Å². The zero-order chi connectivity index (χ0) is 6.08. The molecule has 0 radical (unpaired) electrons. The van der Waals surface area contributed by atoms with Crippen LogP contribution in [0.4, 0.5) is 4.39 Å². The van der Waals surface area contributed by atoms with Crippen LogP contribution in [0.2, 0.25) is 0 Å². The van der Waals surface area contributed by atoms with Crippen LogP contribution in [0, 0.1) is 5.92 Å². The maximum absolute atomic E-state index is 12.3. The third-order valence-electron chi connectivity index (χ3n) is 0.885. The monoisotopic (exact) mass is 123 g/mol. The minimum Gasteiger partial charge on any atom is -0.296 e. The summed E-state index contributed by atoms with van der Waals surface area (Å²) >= 11 is 0. The lowest BCUT2D eigenvalue weighted by Crippen LogP contribution is -2.32. The lowest BCUT2D eigenvalue weighted by atomic mass is 10.2. The van der Waals surface area contributed by atoms with Gasteiger partial charge >= 0.3 is 0 Å². The van der Waals surface area contributed by atoms with Crippen molar-refractivity contribution >= 4 is 9.24 Å². The van der Waals surface area contributed by atoms with Crippen LogP contribution in [-0.4, -0.2) is 5.53 Å². The zero-order valence-corrected chi connectivity index (χ0v) is 5.76. The third-order valence-corrected chi connectivity index (χ3v) is 1.55. The van der Waals surface area contributed by atoms with Crippen molar-refractivity contribution in [2.75, 3.05) is 0 Å². The highest BCUT2D eigenvalue weighted by atomic mass is 31.0. The maximum atomic E-state index is 12.3. The Morgan fingerprint density at radius 1 is 1.71 bits per heavy atom. The molecule has 0 saturated carbocycles. The molecule has 2 atom stereocenters. The summed E-state index contributed by atoms with van der Waals surface area (Å²) in [7, 11) is 1.94. The zero-order valence-electron chi connectivity index (χ0n) is 4.61. The molecule has 0 heterocycles. The molecule has 0 aromatic carbocycles. The molecule has 0 amide bonds. The summed E-state index contributed by atoms with van der Waals surface area (Å²) in [6.07, 6.45) is 0. The van der Waals surface area contributed by atoms with E-state index in [0.717, 1.165) is 0 Å². The van der Waals surface area contributed by atoms with Gasteiger partial charge in [-0.3, -0.25) is 5.73 Å². The number of rotatable bonds is 1. The van der Waals surface area contributed by atoms with Crippen LogP contribution in [0.5, 0.6) is 0 Å². The van der Waals surface area contributed by atoms with Crippen molar-refractivity contribution in [3.63, 3.8) is 0 Å². The Morgan fingerprint density at radius 3 is 1.86 bits per heavy atom. The summed E-state index contributed by atoms with van der Waals surface area (Å²) in [5.41, 5.74) is 3.39. The quantitative estimate of drug-likeness (QED) is 0.410. The summed E-state index contributed by atoms with van der Waals surface area (Å²) < 4.78 is 12.3. The van der Waals surface area contributed by atoms with Crippen molar-refractivity contribution in [2.24, 2.45) is 11.7 Å². The molecular weight excluding hydrogens is 112 g/mol. The number of alkyl halides is 1. The minimum atomic E-state index is -1.58. The van der Waals surface area contributed by atoms with E-state index in [4.69, 9.17) is 5.73 Å². The van der Waals surface area contributed by atoms with Crippen LogP contribution in [0.1, 0.15) is 13.8 Å². The fourth-order valence-electron chi connectivity index (χ4n) is 0. The lowest BCUT2D eigenvalue weighted by Gasteiger charge is -2.17. The van der Waals surface area contributed by atoms with E-state index < -0.39 is 5.53 Å². The molecule has 0 spiro atoms. The van der Waals surface area contributed by atoms with Gasteiger partial charge in [0.15, 0.2) is 5.53 Å². The van der Waals surface area contributed by atoms with Gasteiger partial charge in [0.1, 0.15) is 0 Å². The van der Waals surface area contributed by atoms with Gasteiger partial charge in [0.05, 0.1) is 0 Å². The fourth-order valence-corrected chi connectivity index (χ4v) is 0. The smallest absolute Gasteiger partial charge is 0.173 e. The van der Waals surface area contributed by atoms with Gasteiger partial charge in [-0.15, -0.1) is 0 Å². The Kier molecular flexibility index (Phi) is 2.15. The Bertz CT molecular complexity index is 57.2. The molecule has 2 N–H and O–H groups in total. The molecule has 0 rings (SSSR count). The van der Waals surface area contributed by atoms with Crippen molar-refractivity contribution < 1.29 is 4.39 Å². The second-order valence-corrected chi connectivity index (χ2v) is 2.87. The van der Waals surface area contributed by atoms with Gasteiger partial charge in [0.2, 0.25) is 0 Å². The largest absolute Gasteiger partial charge is 0.296 e. The highest BCUT2D eigenvalue weighted by Crippen LogP contribution is 2.21. The van der Waals surface area contributed by atoms with Crippen molar-refractivity contribution in [1.82, 2.24) is 0 Å². The first-order valence-electron chi connectivity index (χ1n) is 2.21. The summed E-state index contributed by atoms with van der Waals surface area (Å²) in [5.74, 6) is -0.127. The summed E-state index contributed by atoms with van der Waals surface area (Å²) in [6.45, 7) is 3.46. The van der Waals surface area contributed by atoms with Gasteiger partial charge in [-0.1, -0.05) is 23.1 Å². The van der Waals surface area contributed by atoms with Gasteiger partial charge in [-0.05, 0) is 0 Å². The van der Waals surface area contributed by atoms with Gasteiger partial charge in [0.25, 0.3) is 0 Å². The topological polar surface area (TPSA) is 26.0 Å². The average molecular weight is 123 g/mol. The third kappa shape index (κ3) is 2.95. The van der Waals surface area contributed by atoms with Crippen LogP contribution < -0.4 is 5.73 Å². The Hall–Kier alpha value is 0.320. The fraction of sp³-hybridized carbons (Fsp3) is 1.00. The molecule has 44 valence electrons. The van der Waals surface area contributed by atoms with E-state index in [9.17, 15) is 4.39 Å². The molecule has 7 heavy (non-hydrogen) atoms. The maximum Gasteiger partial charge on any atom is 0.173 e. The molecule has 0 aliphatic carbocycles. The lowest BCUT2D eigenvalue weighted by molar-refractivity contribution is 0.220. The number of hydrogen-bond donors (Lipinski definition) is 1. The Morgan fingerprint density at radius 2 is 1.86 bits per heavy atom. The summed E-state index contributed by atoms with van der Waals surface area (Å²) in [4.78, 5) is 0. The number of halogens is 1. The molecule has 0 aliphatic rings. The Labute approximate surface area is 45.7 Å². The molecule has 0 aromatic rings. The van der Waals surface area contributed by atoms with Crippen molar-refractivity contribution in [2.45, 2.75) is 19.4 Å². The molecular formula is C4H11FNP. The first kappa shape index (κ1) is 7.32. The summed E-state index contributed by atoms with van der Waals surface area (Å²) in [5, 5.41) is 0. The molecule has 3 heteroatoms. The molecule has 0 aromatic heterocycles. The van der Waals surface area contributed by atoms with Crippen LogP contribution in [0.25, 0.3) is 0 Å². The van der Waals surface area contributed by atoms with E-state index in [0.29, 0.717) is 0 Å². The SMILES string of the molecule is CC(C)C(N)(F)P. The summed E-state index contributed by atoms with van der Waals surface area (Å²) in [6, 6.07) is 0. The van der Waals surface area contributed by atoms with E-state index >= 15 is 0 Å². The van der Waals surface area contributed by atoms with Crippen molar-refractivity contribution in [1.29, 1.82) is 0 Å². The highest BCUT2D eigenvalue weighted by Gasteiger charge is 2.20. The van der Waals surface area contributed by atoms with E-state index in [-0.39, 0.29) is 5.92 Å². The number of hydrogen-bond acceptors (Lipinski definition) is 1. The van der Waals surface area contributed by atoms with Crippen molar-refractivity contribution in [3.05, 3.63) is 0 Å². The standard InChI is InChI=1S/C4H11FNP/c1-3(2)4(5,6)7/h3H,6-7H2,1-2H3. The predicted octanol–water partition coefficient (Wildman–Crippen LogP) is 1.10. The second-order valence-electron chi connectivity index (χ2n) is 1.98. The van der Waals surface area contributed by atoms with E-state index in [2.05, 4.69) is 0 Å². The van der Waals surface area contributed by atoms with Crippen LogP contribution >= 0.6 is 9.24 Å². The average Bonchev–Trinajstić information content (AvgIpc) is 1.31. The number of nitrogens with two attached hydrogens (primary N) is 1. The second kappa shape index (κ2) is 2.06. The van der Waals surface area contributed by atoms with E-state index in [1.165, 1.54) is 0 Å². The molecule has 2 unspecified atom stereocenters. The van der Waals surface area contributed by atoms with E-state index in [1.807, 2.05) is 9.24 Å². The molecule has 0 saturated heterocycles. The van der Waals surface area contributed by atoms with Gasteiger partial charge in [0, 0.05) is 5.92 Å². The molecule has 0 aliphatic heterocycles. The minimum absolute atomic E-state index is 0.127. The Balaban J connectivity index is 3.54.